The minimum absolute atomic E-state index is 0.00674. The Bertz CT molecular complexity index is 795. The molecule has 0 bridgehead atoms. The number of ketones is 1. The molecule has 2 heterocycles. The zero-order valence-electron chi connectivity index (χ0n) is 13.0. The number of Topliss-reactive ketones (excluding diaryl/α,β-unsaturated/α-hetero) is 1. The molecule has 0 spiro atoms. The number of pyridine rings is 1. The van der Waals surface area contributed by atoms with Crippen LogP contribution in [0.5, 0.6) is 5.75 Å². The smallest absolute Gasteiger partial charge is 0.187 e. The minimum atomic E-state index is -1.05. The van der Waals surface area contributed by atoms with Crippen molar-refractivity contribution >= 4 is 11.6 Å². The third kappa shape index (κ3) is 2.44. The van der Waals surface area contributed by atoms with E-state index in [4.69, 9.17) is 0 Å². The number of hydrogen-bond donors (Lipinski definition) is 1. The fourth-order valence-electron chi connectivity index (χ4n) is 2.89. The van der Waals surface area contributed by atoms with Crippen LogP contribution in [0.4, 0.5) is 14.6 Å². The van der Waals surface area contributed by atoms with E-state index >= 15 is 0 Å². The van der Waals surface area contributed by atoms with Crippen molar-refractivity contribution in [3.05, 3.63) is 41.5 Å². The summed E-state index contributed by atoms with van der Waals surface area (Å²) in [5, 5.41) is 9.18. The van der Waals surface area contributed by atoms with Crippen LogP contribution in [-0.4, -0.2) is 29.5 Å². The highest BCUT2D eigenvalue weighted by Crippen LogP contribution is 2.36. The first-order chi connectivity index (χ1) is 10.7. The Balaban J connectivity index is 2.12. The third-order valence-electron chi connectivity index (χ3n) is 4.04. The van der Waals surface area contributed by atoms with E-state index in [-0.39, 0.29) is 11.3 Å². The number of phenols is 1. The molecule has 0 saturated heterocycles. The maximum atomic E-state index is 13.5. The predicted molar refractivity (Wildman–Crippen MR) is 82.6 cm³/mol. The van der Waals surface area contributed by atoms with Gasteiger partial charge in [-0.3, -0.25) is 4.79 Å². The largest absolute Gasteiger partial charge is 0.503 e. The Labute approximate surface area is 132 Å². The summed E-state index contributed by atoms with van der Waals surface area (Å²) in [6.07, 6.45) is 0. The number of carbonyl (C=O) groups excluding carboxylic acids is 1. The number of carbonyl (C=O) groups is 1. The molecule has 2 aromatic rings. The number of hydrogen-bond acceptors (Lipinski definition) is 4. The number of fused-ring (bicyclic) bond motifs is 1. The molecule has 0 saturated carbocycles. The van der Waals surface area contributed by atoms with E-state index in [2.05, 4.69) is 4.98 Å². The molecule has 0 fully saturated rings. The van der Waals surface area contributed by atoms with E-state index < -0.39 is 22.8 Å². The van der Waals surface area contributed by atoms with Gasteiger partial charge in [0.15, 0.2) is 23.2 Å². The number of aromatic nitrogens is 1. The van der Waals surface area contributed by atoms with Crippen LogP contribution in [0.2, 0.25) is 0 Å². The van der Waals surface area contributed by atoms with Gasteiger partial charge in [-0.2, -0.15) is 0 Å². The summed E-state index contributed by atoms with van der Waals surface area (Å²) in [4.78, 5) is 18.7. The summed E-state index contributed by atoms with van der Waals surface area (Å²) in [7, 11) is 1.82. The number of aromatic hydroxyl groups is 1. The molecule has 6 heteroatoms. The van der Waals surface area contributed by atoms with E-state index in [1.807, 2.05) is 25.8 Å². The molecule has 120 valence electrons. The normalized spacial score (nSPS) is 16.4. The molecule has 1 aromatic carbocycles. The number of benzene rings is 1. The highest BCUT2D eigenvalue weighted by molar-refractivity contribution is 6.06. The average molecular weight is 318 g/mol. The SMILES string of the molecule is CN1CC(C)(C)C(=O)c2ccc(-c3cc(F)c(O)c(F)c3)nc21. The molecule has 23 heavy (non-hydrogen) atoms. The van der Waals surface area contributed by atoms with E-state index in [0.29, 0.717) is 23.6 Å². The molecular formula is C17H16F2N2O2. The lowest BCUT2D eigenvalue weighted by Gasteiger charge is -2.36. The standard InChI is InChI=1S/C17H16F2N2O2/c1-17(2)8-21(3)16-10(15(17)23)4-5-13(20-16)9-6-11(18)14(22)12(19)7-9/h4-7,22H,8H2,1-3H3. The lowest BCUT2D eigenvalue weighted by Crippen LogP contribution is -2.43. The van der Waals surface area contributed by atoms with Gasteiger partial charge in [-0.1, -0.05) is 13.8 Å². The molecule has 1 aliphatic heterocycles. The van der Waals surface area contributed by atoms with Crippen molar-refractivity contribution in [2.75, 3.05) is 18.5 Å². The Morgan fingerprint density at radius 3 is 2.43 bits per heavy atom. The highest BCUT2D eigenvalue weighted by atomic mass is 19.1. The second kappa shape index (κ2) is 5.01. The van der Waals surface area contributed by atoms with Crippen LogP contribution in [0, 0.1) is 17.0 Å². The highest BCUT2D eigenvalue weighted by Gasteiger charge is 2.37. The number of anilines is 1. The zero-order chi connectivity index (χ0) is 16.9. The monoisotopic (exact) mass is 318 g/mol. The first kappa shape index (κ1) is 15.4. The zero-order valence-corrected chi connectivity index (χ0v) is 13.0. The molecule has 0 radical (unpaired) electrons. The summed E-state index contributed by atoms with van der Waals surface area (Å²) in [5.41, 5.74) is 0.515. The fraction of sp³-hybridized carbons (Fsp3) is 0.294. The number of nitrogens with zero attached hydrogens (tertiary/aromatic N) is 2. The second-order valence-electron chi connectivity index (χ2n) is 6.43. The molecule has 1 aliphatic rings. The van der Waals surface area contributed by atoms with Crippen LogP contribution in [0.15, 0.2) is 24.3 Å². The maximum Gasteiger partial charge on any atom is 0.187 e. The molecule has 3 rings (SSSR count). The maximum absolute atomic E-state index is 13.5. The first-order valence-electron chi connectivity index (χ1n) is 7.16. The van der Waals surface area contributed by atoms with Gasteiger partial charge in [-0.05, 0) is 24.3 Å². The molecule has 0 unspecified atom stereocenters. The van der Waals surface area contributed by atoms with Gasteiger partial charge in [-0.15, -0.1) is 0 Å². The number of rotatable bonds is 1. The first-order valence-corrected chi connectivity index (χ1v) is 7.16. The van der Waals surface area contributed by atoms with Crippen LogP contribution >= 0.6 is 0 Å². The van der Waals surface area contributed by atoms with Crippen molar-refractivity contribution in [2.45, 2.75) is 13.8 Å². The Kier molecular flexibility index (Phi) is 3.35. The van der Waals surface area contributed by atoms with Gasteiger partial charge < -0.3 is 10.0 Å². The molecule has 0 atom stereocenters. The van der Waals surface area contributed by atoms with Crippen molar-refractivity contribution in [1.29, 1.82) is 0 Å². The van der Waals surface area contributed by atoms with Gasteiger partial charge in [0.25, 0.3) is 0 Å². The van der Waals surface area contributed by atoms with E-state index in [9.17, 15) is 18.7 Å². The Morgan fingerprint density at radius 1 is 1.22 bits per heavy atom. The lowest BCUT2D eigenvalue weighted by molar-refractivity contribution is 0.0835. The van der Waals surface area contributed by atoms with E-state index in [1.165, 1.54) is 0 Å². The topological polar surface area (TPSA) is 53.4 Å². The Hall–Kier alpha value is -2.50. The second-order valence-corrected chi connectivity index (χ2v) is 6.43. The molecular weight excluding hydrogens is 302 g/mol. The van der Waals surface area contributed by atoms with Gasteiger partial charge in [0.1, 0.15) is 5.82 Å². The van der Waals surface area contributed by atoms with Crippen LogP contribution in [0.1, 0.15) is 24.2 Å². The van der Waals surface area contributed by atoms with Gasteiger partial charge >= 0.3 is 0 Å². The fourth-order valence-corrected chi connectivity index (χ4v) is 2.89. The van der Waals surface area contributed by atoms with Crippen molar-refractivity contribution in [3.63, 3.8) is 0 Å². The summed E-state index contributed by atoms with van der Waals surface area (Å²) in [5.74, 6) is -2.63. The molecule has 1 N–H and O–H groups in total. The third-order valence-corrected chi connectivity index (χ3v) is 4.04. The van der Waals surface area contributed by atoms with Crippen molar-refractivity contribution in [2.24, 2.45) is 5.41 Å². The molecule has 4 nitrogen and oxygen atoms in total. The van der Waals surface area contributed by atoms with Crippen molar-refractivity contribution < 1.29 is 18.7 Å². The predicted octanol–water partition coefficient (Wildman–Crippen LogP) is 3.39. The minimum Gasteiger partial charge on any atom is -0.503 e. The summed E-state index contributed by atoms with van der Waals surface area (Å²) in [6.45, 7) is 4.24. The van der Waals surface area contributed by atoms with Crippen molar-refractivity contribution in [1.82, 2.24) is 4.98 Å². The summed E-state index contributed by atoms with van der Waals surface area (Å²) >= 11 is 0. The quantitative estimate of drug-likeness (QED) is 0.875. The van der Waals surface area contributed by atoms with E-state index in [1.54, 1.807) is 12.1 Å². The van der Waals surface area contributed by atoms with Gasteiger partial charge in [0, 0.05) is 24.6 Å². The Morgan fingerprint density at radius 2 is 1.83 bits per heavy atom. The van der Waals surface area contributed by atoms with Gasteiger partial charge in [0.05, 0.1) is 11.3 Å². The van der Waals surface area contributed by atoms with Crippen LogP contribution < -0.4 is 4.90 Å². The van der Waals surface area contributed by atoms with Crippen LogP contribution in [0.25, 0.3) is 11.3 Å². The van der Waals surface area contributed by atoms with Gasteiger partial charge in [-0.25, -0.2) is 13.8 Å². The average Bonchev–Trinajstić information content (AvgIpc) is 2.49. The van der Waals surface area contributed by atoms with E-state index in [0.717, 1.165) is 12.1 Å². The number of phenolic OH excluding ortho intramolecular Hbond substituents is 1. The molecule has 0 aliphatic carbocycles. The summed E-state index contributed by atoms with van der Waals surface area (Å²) in [6, 6.07) is 5.21. The van der Waals surface area contributed by atoms with Gasteiger partial charge in [0.2, 0.25) is 0 Å². The number of halogens is 2. The van der Waals surface area contributed by atoms with Crippen LogP contribution in [0.3, 0.4) is 0 Å². The summed E-state index contributed by atoms with van der Waals surface area (Å²) < 4.78 is 27.0. The van der Waals surface area contributed by atoms with Crippen molar-refractivity contribution in [3.8, 4) is 17.0 Å². The molecule has 1 aromatic heterocycles. The lowest BCUT2D eigenvalue weighted by atomic mass is 9.81. The van der Waals surface area contributed by atoms with Crippen LogP contribution in [-0.2, 0) is 0 Å². The molecule has 0 amide bonds.